The van der Waals surface area contributed by atoms with Crippen LogP contribution in [-0.2, 0) is 6.54 Å². The lowest BCUT2D eigenvalue weighted by molar-refractivity contribution is 0.101. The molecule has 0 saturated heterocycles. The fourth-order valence-corrected chi connectivity index (χ4v) is 4.60. The van der Waals surface area contributed by atoms with Crippen molar-refractivity contribution in [2.45, 2.75) is 25.1 Å². The van der Waals surface area contributed by atoms with E-state index in [1.165, 1.54) is 37.7 Å². The number of benzene rings is 2. The second-order valence-corrected chi connectivity index (χ2v) is 8.86. The van der Waals surface area contributed by atoms with Gasteiger partial charge in [0.2, 0.25) is 5.82 Å². The molecule has 4 rings (SSSR count). The third-order valence-electron chi connectivity index (χ3n) is 5.42. The van der Waals surface area contributed by atoms with Gasteiger partial charge in [-0.2, -0.15) is 5.10 Å². The topological polar surface area (TPSA) is 106 Å². The standard InChI is InChI=1S/C25H24FN5O4S/c1-4-19-20(17-10-11-18(26)22(35-3)21(17)34-2)30-31(25(33)36-19)14-15-6-8-16(9-7-15)29-24(32)23-27-12-5-13-28-23/h5-13,19H,4,14H2,1-3H3,(H,29,32). The number of carbonyl (C=O) groups excluding carboxylic acids is 2. The Morgan fingerprint density at radius 2 is 1.78 bits per heavy atom. The first kappa shape index (κ1) is 25.1. The maximum absolute atomic E-state index is 14.3. The van der Waals surface area contributed by atoms with Crippen LogP contribution in [0.1, 0.15) is 35.1 Å². The fraction of sp³-hybridized carbons (Fsp3) is 0.240. The van der Waals surface area contributed by atoms with Gasteiger partial charge in [0.15, 0.2) is 17.3 Å². The van der Waals surface area contributed by atoms with E-state index in [-0.39, 0.29) is 34.4 Å². The number of anilines is 1. The van der Waals surface area contributed by atoms with Gasteiger partial charge in [-0.25, -0.2) is 19.4 Å². The molecule has 2 heterocycles. The SMILES string of the molecule is CCC1SC(=O)N(Cc2ccc(NC(=O)c3ncccn3)cc2)N=C1c1ccc(F)c(OC)c1OC. The van der Waals surface area contributed by atoms with Gasteiger partial charge in [-0.15, -0.1) is 0 Å². The molecule has 0 fully saturated rings. The molecular weight excluding hydrogens is 485 g/mol. The van der Waals surface area contributed by atoms with E-state index in [2.05, 4.69) is 20.4 Å². The van der Waals surface area contributed by atoms with Crippen molar-refractivity contribution in [1.29, 1.82) is 0 Å². The predicted molar refractivity (Wildman–Crippen MR) is 135 cm³/mol. The second kappa shape index (κ2) is 11.2. The van der Waals surface area contributed by atoms with Crippen molar-refractivity contribution in [3.63, 3.8) is 0 Å². The fourth-order valence-electron chi connectivity index (χ4n) is 3.68. The monoisotopic (exact) mass is 509 g/mol. The van der Waals surface area contributed by atoms with Gasteiger partial charge in [-0.1, -0.05) is 30.8 Å². The lowest BCUT2D eigenvalue weighted by Gasteiger charge is -2.29. The van der Waals surface area contributed by atoms with E-state index in [0.717, 1.165) is 17.3 Å². The summed E-state index contributed by atoms with van der Waals surface area (Å²) in [7, 11) is 2.81. The molecule has 9 nitrogen and oxygen atoms in total. The summed E-state index contributed by atoms with van der Waals surface area (Å²) in [5, 5.41) is 8.32. The molecule has 1 unspecified atom stereocenters. The molecular formula is C25H24FN5O4S. The summed E-state index contributed by atoms with van der Waals surface area (Å²) in [6.45, 7) is 2.17. The number of rotatable bonds is 8. The number of halogens is 1. The second-order valence-electron chi connectivity index (χ2n) is 7.71. The molecule has 1 aromatic heterocycles. The summed E-state index contributed by atoms with van der Waals surface area (Å²) in [5.74, 6) is -0.687. The van der Waals surface area contributed by atoms with Gasteiger partial charge in [-0.3, -0.25) is 9.59 Å². The van der Waals surface area contributed by atoms with Gasteiger partial charge in [0.25, 0.3) is 5.91 Å². The molecule has 0 saturated carbocycles. The van der Waals surface area contributed by atoms with Crippen molar-refractivity contribution < 1.29 is 23.5 Å². The molecule has 1 aliphatic rings. The van der Waals surface area contributed by atoms with Gasteiger partial charge in [-0.05, 0) is 42.3 Å². The van der Waals surface area contributed by atoms with Crippen LogP contribution in [0.3, 0.4) is 0 Å². The molecule has 1 aliphatic heterocycles. The summed E-state index contributed by atoms with van der Waals surface area (Å²) < 4.78 is 24.9. The van der Waals surface area contributed by atoms with E-state index in [1.54, 1.807) is 36.4 Å². The number of carbonyl (C=O) groups is 2. The quantitative estimate of drug-likeness (QED) is 0.468. The highest BCUT2D eigenvalue weighted by Gasteiger charge is 2.33. The Hall–Kier alpha value is -3.99. The van der Waals surface area contributed by atoms with Crippen LogP contribution in [0, 0.1) is 5.82 Å². The molecule has 2 amide bonds. The lowest BCUT2D eigenvalue weighted by atomic mass is 10.0. The minimum Gasteiger partial charge on any atom is -0.492 e. The van der Waals surface area contributed by atoms with E-state index in [4.69, 9.17) is 9.47 Å². The van der Waals surface area contributed by atoms with E-state index in [1.807, 2.05) is 6.92 Å². The summed E-state index contributed by atoms with van der Waals surface area (Å²) in [6.07, 6.45) is 3.63. The molecule has 1 atom stereocenters. The van der Waals surface area contributed by atoms with Crippen molar-refractivity contribution in [1.82, 2.24) is 15.0 Å². The minimum absolute atomic E-state index is 0.0143. The molecule has 11 heteroatoms. The summed E-state index contributed by atoms with van der Waals surface area (Å²) in [6, 6.07) is 11.6. The van der Waals surface area contributed by atoms with Crippen LogP contribution < -0.4 is 14.8 Å². The van der Waals surface area contributed by atoms with Crippen LogP contribution in [0.5, 0.6) is 11.5 Å². The van der Waals surface area contributed by atoms with E-state index in [9.17, 15) is 14.0 Å². The number of hydrazone groups is 1. The molecule has 0 aliphatic carbocycles. The van der Waals surface area contributed by atoms with E-state index >= 15 is 0 Å². The highest BCUT2D eigenvalue weighted by Crippen LogP contribution is 2.38. The first-order chi connectivity index (χ1) is 17.4. The molecule has 36 heavy (non-hydrogen) atoms. The largest absolute Gasteiger partial charge is 0.492 e. The number of thioether (sulfide) groups is 1. The number of hydrogen-bond donors (Lipinski definition) is 1. The van der Waals surface area contributed by atoms with Crippen LogP contribution in [0.25, 0.3) is 0 Å². The first-order valence-corrected chi connectivity index (χ1v) is 12.0. The molecule has 0 spiro atoms. The zero-order valence-electron chi connectivity index (χ0n) is 19.9. The maximum atomic E-state index is 14.3. The van der Waals surface area contributed by atoms with Crippen LogP contribution in [-0.4, -0.2) is 51.3 Å². The number of amides is 2. The van der Waals surface area contributed by atoms with Crippen LogP contribution in [0.4, 0.5) is 14.9 Å². The van der Waals surface area contributed by atoms with Gasteiger partial charge >= 0.3 is 5.24 Å². The third kappa shape index (κ3) is 5.30. The van der Waals surface area contributed by atoms with Crippen molar-refractivity contribution in [2.75, 3.05) is 19.5 Å². The molecule has 1 N–H and O–H groups in total. The van der Waals surface area contributed by atoms with Gasteiger partial charge < -0.3 is 14.8 Å². The number of methoxy groups -OCH3 is 2. The first-order valence-electron chi connectivity index (χ1n) is 11.1. The van der Waals surface area contributed by atoms with Crippen molar-refractivity contribution >= 4 is 34.3 Å². The van der Waals surface area contributed by atoms with Crippen molar-refractivity contribution in [3.05, 3.63) is 77.6 Å². The Kier molecular flexibility index (Phi) is 7.79. The molecule has 3 aromatic rings. The predicted octanol–water partition coefficient (Wildman–Crippen LogP) is 4.74. The Labute approximate surface area is 211 Å². The smallest absolute Gasteiger partial charge is 0.302 e. The van der Waals surface area contributed by atoms with E-state index < -0.39 is 11.7 Å². The maximum Gasteiger partial charge on any atom is 0.302 e. The number of nitrogens with one attached hydrogen (secondary N) is 1. The third-order valence-corrected chi connectivity index (χ3v) is 6.67. The lowest BCUT2D eigenvalue weighted by Crippen LogP contribution is -2.35. The van der Waals surface area contributed by atoms with Gasteiger partial charge in [0, 0.05) is 23.6 Å². The summed E-state index contributed by atoms with van der Waals surface area (Å²) in [5.41, 5.74) is 2.53. The number of ether oxygens (including phenoxy) is 2. The van der Waals surface area contributed by atoms with Gasteiger partial charge in [0.05, 0.1) is 31.7 Å². The highest BCUT2D eigenvalue weighted by molar-refractivity contribution is 8.14. The molecule has 186 valence electrons. The number of aromatic nitrogens is 2. The zero-order valence-corrected chi connectivity index (χ0v) is 20.7. The normalized spacial score (nSPS) is 15.3. The van der Waals surface area contributed by atoms with Crippen molar-refractivity contribution in [2.24, 2.45) is 5.10 Å². The van der Waals surface area contributed by atoms with Crippen LogP contribution in [0.2, 0.25) is 0 Å². The number of nitrogens with zero attached hydrogens (tertiary/aromatic N) is 4. The number of hydrogen-bond acceptors (Lipinski definition) is 8. The Morgan fingerprint density at radius 3 is 2.42 bits per heavy atom. The van der Waals surface area contributed by atoms with Gasteiger partial charge in [0.1, 0.15) is 0 Å². The summed E-state index contributed by atoms with van der Waals surface area (Å²) in [4.78, 5) is 33.0. The molecule has 0 bridgehead atoms. The minimum atomic E-state index is -0.547. The van der Waals surface area contributed by atoms with E-state index in [0.29, 0.717) is 23.4 Å². The van der Waals surface area contributed by atoms with Crippen LogP contribution in [0.15, 0.2) is 60.0 Å². The zero-order chi connectivity index (χ0) is 25.7. The molecule has 2 aromatic carbocycles. The average Bonchev–Trinajstić information content (AvgIpc) is 2.91. The van der Waals surface area contributed by atoms with Crippen LogP contribution >= 0.6 is 11.8 Å². The average molecular weight is 510 g/mol. The Morgan fingerprint density at radius 1 is 1.08 bits per heavy atom. The summed E-state index contributed by atoms with van der Waals surface area (Å²) >= 11 is 1.16. The van der Waals surface area contributed by atoms with Crippen molar-refractivity contribution in [3.8, 4) is 11.5 Å². The highest BCUT2D eigenvalue weighted by atomic mass is 32.2. The Bertz CT molecular complexity index is 1290. The Balaban J connectivity index is 1.57. The molecule has 0 radical (unpaired) electrons.